The van der Waals surface area contributed by atoms with Crippen molar-refractivity contribution in [1.29, 1.82) is 0 Å². The van der Waals surface area contributed by atoms with E-state index in [2.05, 4.69) is 25.9 Å². The minimum atomic E-state index is 0.00558. The van der Waals surface area contributed by atoms with Crippen LogP contribution in [0.4, 0.5) is 0 Å². The van der Waals surface area contributed by atoms with Crippen molar-refractivity contribution in [2.45, 2.75) is 6.54 Å². The van der Waals surface area contributed by atoms with Crippen LogP contribution in [0.1, 0.15) is 15.2 Å². The van der Waals surface area contributed by atoms with E-state index in [0.717, 1.165) is 19.7 Å². The Morgan fingerprint density at radius 3 is 3.00 bits per heavy atom. The maximum absolute atomic E-state index is 12.4. The van der Waals surface area contributed by atoms with Gasteiger partial charge in [-0.3, -0.25) is 4.79 Å². The number of hydrogen-bond donors (Lipinski definition) is 1. The maximum atomic E-state index is 12.4. The Hall–Kier alpha value is -1.66. The van der Waals surface area contributed by atoms with Crippen LogP contribution in [-0.4, -0.2) is 27.8 Å². The molecule has 3 aromatic rings. The number of carbonyl (C=O) groups excluding carboxylic acids is 1. The van der Waals surface area contributed by atoms with Crippen molar-refractivity contribution in [3.8, 4) is 0 Å². The number of thiophene rings is 1. The molecule has 20 heavy (non-hydrogen) atoms. The van der Waals surface area contributed by atoms with Crippen molar-refractivity contribution >= 4 is 44.2 Å². The number of carbonyl (C=O) groups is 1. The van der Waals surface area contributed by atoms with Gasteiger partial charge >= 0.3 is 0 Å². The summed E-state index contributed by atoms with van der Waals surface area (Å²) in [6.07, 6.45) is 1.63. The van der Waals surface area contributed by atoms with Crippen LogP contribution in [0.15, 0.2) is 40.4 Å². The second-order valence-corrected chi connectivity index (χ2v) is 7.05. The summed E-state index contributed by atoms with van der Waals surface area (Å²) >= 11 is 5.07. The monoisotopic (exact) mass is 349 g/mol. The van der Waals surface area contributed by atoms with Gasteiger partial charge in [-0.15, -0.1) is 11.3 Å². The van der Waals surface area contributed by atoms with E-state index < -0.39 is 0 Å². The average molecular weight is 350 g/mol. The quantitative estimate of drug-likeness (QED) is 0.784. The number of hydrogen-bond acceptors (Lipinski definition) is 3. The Morgan fingerprint density at radius 2 is 2.25 bits per heavy atom. The summed E-state index contributed by atoms with van der Waals surface area (Å²) in [5.41, 5.74) is 2.41. The van der Waals surface area contributed by atoms with Crippen LogP contribution in [0.5, 0.6) is 0 Å². The van der Waals surface area contributed by atoms with Gasteiger partial charge in [-0.2, -0.15) is 0 Å². The Morgan fingerprint density at radius 1 is 1.40 bits per heavy atom. The number of H-pyrrole nitrogens is 1. The fourth-order valence-electron chi connectivity index (χ4n) is 2.03. The van der Waals surface area contributed by atoms with E-state index in [1.807, 2.05) is 37.4 Å². The predicted molar refractivity (Wildman–Crippen MR) is 83.9 cm³/mol. The Labute approximate surface area is 128 Å². The fourth-order valence-corrected chi connectivity index (χ4v) is 3.57. The largest absolute Gasteiger partial charge is 0.345 e. The highest BCUT2D eigenvalue weighted by atomic mass is 79.9. The third-order valence-corrected chi connectivity index (χ3v) is 4.64. The first-order valence-corrected chi connectivity index (χ1v) is 7.67. The van der Waals surface area contributed by atoms with Gasteiger partial charge in [0.2, 0.25) is 0 Å². The highest BCUT2D eigenvalue weighted by Gasteiger charge is 2.13. The first kappa shape index (κ1) is 13.3. The van der Waals surface area contributed by atoms with Gasteiger partial charge in [-0.1, -0.05) is 0 Å². The van der Waals surface area contributed by atoms with Crippen LogP contribution in [0.3, 0.4) is 0 Å². The molecule has 2 heterocycles. The van der Waals surface area contributed by atoms with E-state index in [-0.39, 0.29) is 5.91 Å². The number of imidazole rings is 1. The molecule has 0 aliphatic rings. The first-order valence-electron chi connectivity index (χ1n) is 6.06. The molecule has 0 atom stereocenters. The number of aromatic amines is 1. The molecule has 0 fully saturated rings. The van der Waals surface area contributed by atoms with Crippen LogP contribution < -0.4 is 0 Å². The number of halogens is 1. The minimum Gasteiger partial charge on any atom is -0.345 e. The second kappa shape index (κ2) is 5.38. The van der Waals surface area contributed by atoms with Crippen molar-refractivity contribution in [2.24, 2.45) is 0 Å². The molecule has 0 aliphatic carbocycles. The lowest BCUT2D eigenvalue weighted by Gasteiger charge is -2.16. The summed E-state index contributed by atoms with van der Waals surface area (Å²) in [5, 5.41) is 0. The highest BCUT2D eigenvalue weighted by molar-refractivity contribution is 9.11. The molecule has 2 aromatic heterocycles. The van der Waals surface area contributed by atoms with Crippen molar-refractivity contribution < 1.29 is 4.79 Å². The molecular formula is C14H12BrN3OS. The summed E-state index contributed by atoms with van der Waals surface area (Å²) in [6.45, 7) is 0.607. The zero-order valence-corrected chi connectivity index (χ0v) is 13.2. The summed E-state index contributed by atoms with van der Waals surface area (Å²) in [7, 11) is 1.81. The minimum absolute atomic E-state index is 0.00558. The summed E-state index contributed by atoms with van der Waals surface area (Å²) in [4.78, 5) is 22.4. The Bertz CT molecular complexity index is 764. The smallest absolute Gasteiger partial charge is 0.253 e. The third kappa shape index (κ3) is 2.62. The lowest BCUT2D eigenvalue weighted by atomic mass is 10.2. The molecule has 1 N–H and O–H groups in total. The van der Waals surface area contributed by atoms with Crippen molar-refractivity contribution in [3.05, 3.63) is 50.9 Å². The lowest BCUT2D eigenvalue weighted by molar-refractivity contribution is 0.0786. The van der Waals surface area contributed by atoms with Gasteiger partial charge < -0.3 is 9.88 Å². The topological polar surface area (TPSA) is 49.0 Å². The first-order chi connectivity index (χ1) is 9.63. The lowest BCUT2D eigenvalue weighted by Crippen LogP contribution is -2.25. The third-order valence-electron chi connectivity index (χ3n) is 3.04. The van der Waals surface area contributed by atoms with Gasteiger partial charge in [0, 0.05) is 17.5 Å². The molecule has 0 spiro atoms. The molecule has 102 valence electrons. The number of amides is 1. The summed E-state index contributed by atoms with van der Waals surface area (Å²) in [6, 6.07) is 9.53. The zero-order valence-electron chi connectivity index (χ0n) is 10.8. The van der Waals surface area contributed by atoms with Crippen LogP contribution >= 0.6 is 27.3 Å². The molecule has 0 radical (unpaired) electrons. The van der Waals surface area contributed by atoms with Crippen LogP contribution in [0.25, 0.3) is 11.0 Å². The predicted octanol–water partition coefficient (Wildman–Crippen LogP) is 3.66. The van der Waals surface area contributed by atoms with Gasteiger partial charge in [0.05, 0.1) is 27.7 Å². The highest BCUT2D eigenvalue weighted by Crippen LogP contribution is 2.23. The summed E-state index contributed by atoms with van der Waals surface area (Å²) < 4.78 is 1.08. The van der Waals surface area contributed by atoms with Crippen molar-refractivity contribution in [3.63, 3.8) is 0 Å². The molecule has 0 saturated carbocycles. The molecule has 3 rings (SSSR count). The van der Waals surface area contributed by atoms with Gasteiger partial charge in [0.1, 0.15) is 0 Å². The Balaban J connectivity index is 1.80. The number of rotatable bonds is 3. The van der Waals surface area contributed by atoms with E-state index in [4.69, 9.17) is 0 Å². The molecule has 0 bridgehead atoms. The van der Waals surface area contributed by atoms with E-state index in [0.29, 0.717) is 12.1 Å². The van der Waals surface area contributed by atoms with Crippen molar-refractivity contribution in [2.75, 3.05) is 7.05 Å². The summed E-state index contributed by atoms with van der Waals surface area (Å²) in [5.74, 6) is 0.00558. The van der Waals surface area contributed by atoms with E-state index in [1.165, 1.54) is 0 Å². The van der Waals surface area contributed by atoms with Gasteiger partial charge in [0.15, 0.2) is 0 Å². The van der Waals surface area contributed by atoms with Crippen LogP contribution in [-0.2, 0) is 6.54 Å². The number of benzene rings is 1. The van der Waals surface area contributed by atoms with Crippen molar-refractivity contribution in [1.82, 2.24) is 14.9 Å². The standard InChI is InChI=1S/C14H12BrN3OS/c1-18(7-10-3-5-13(15)20-10)14(19)9-2-4-11-12(6-9)17-8-16-11/h2-6,8H,7H2,1H3,(H,16,17). The maximum Gasteiger partial charge on any atom is 0.253 e. The molecular weight excluding hydrogens is 338 g/mol. The fraction of sp³-hybridized carbons (Fsp3) is 0.143. The number of nitrogens with zero attached hydrogens (tertiary/aromatic N) is 2. The average Bonchev–Trinajstić information content (AvgIpc) is 3.05. The molecule has 0 saturated heterocycles. The Kier molecular flexibility index (Phi) is 3.58. The second-order valence-electron chi connectivity index (χ2n) is 4.50. The SMILES string of the molecule is CN(Cc1ccc(Br)s1)C(=O)c1ccc2nc[nH]c2c1. The molecule has 1 aromatic carbocycles. The molecule has 0 unspecified atom stereocenters. The van der Waals surface area contributed by atoms with E-state index in [1.54, 1.807) is 22.6 Å². The van der Waals surface area contributed by atoms with Crippen LogP contribution in [0, 0.1) is 0 Å². The van der Waals surface area contributed by atoms with E-state index in [9.17, 15) is 4.79 Å². The van der Waals surface area contributed by atoms with E-state index >= 15 is 0 Å². The number of nitrogens with one attached hydrogen (secondary N) is 1. The molecule has 6 heteroatoms. The van der Waals surface area contributed by atoms with Gasteiger partial charge in [-0.05, 0) is 46.3 Å². The number of fused-ring (bicyclic) bond motifs is 1. The van der Waals surface area contributed by atoms with Gasteiger partial charge in [0.25, 0.3) is 5.91 Å². The van der Waals surface area contributed by atoms with Crippen LogP contribution in [0.2, 0.25) is 0 Å². The molecule has 1 amide bonds. The number of aromatic nitrogens is 2. The zero-order chi connectivity index (χ0) is 14.1. The normalized spacial score (nSPS) is 10.9. The molecule has 0 aliphatic heterocycles. The van der Waals surface area contributed by atoms with Gasteiger partial charge in [-0.25, -0.2) is 4.98 Å². The molecule has 4 nitrogen and oxygen atoms in total.